The summed E-state index contributed by atoms with van der Waals surface area (Å²) >= 11 is 0. The Hall–Kier alpha value is -0.500. The summed E-state index contributed by atoms with van der Waals surface area (Å²) in [6.45, 7) is 7.32. The monoisotopic (exact) mass is 198 g/mol. The van der Waals surface area contributed by atoms with Gasteiger partial charge in [-0.1, -0.05) is 32.3 Å². The predicted molar refractivity (Wildman–Crippen MR) is 63.9 cm³/mol. The van der Waals surface area contributed by atoms with Gasteiger partial charge in [0, 0.05) is 5.70 Å². The number of hydrogen-bond donors (Lipinski definition) is 2. The van der Waals surface area contributed by atoms with Crippen LogP contribution in [0.1, 0.15) is 52.9 Å². The molecule has 0 bridgehead atoms. The molecule has 0 radical (unpaired) electrons. The van der Waals surface area contributed by atoms with E-state index in [4.69, 9.17) is 11.5 Å². The van der Waals surface area contributed by atoms with Crippen LogP contribution >= 0.6 is 0 Å². The van der Waals surface area contributed by atoms with Crippen molar-refractivity contribution in [1.29, 1.82) is 0 Å². The van der Waals surface area contributed by atoms with Gasteiger partial charge in [-0.15, -0.1) is 0 Å². The van der Waals surface area contributed by atoms with Crippen LogP contribution in [0.15, 0.2) is 11.3 Å². The second kappa shape index (κ2) is 7.86. The number of nitrogens with two attached hydrogens (primary N) is 2. The van der Waals surface area contributed by atoms with Gasteiger partial charge in [0.2, 0.25) is 0 Å². The normalized spacial score (nSPS) is 15.1. The van der Waals surface area contributed by atoms with E-state index in [1.807, 2.05) is 0 Å². The summed E-state index contributed by atoms with van der Waals surface area (Å²) < 4.78 is 0. The van der Waals surface area contributed by atoms with Gasteiger partial charge in [-0.3, -0.25) is 0 Å². The van der Waals surface area contributed by atoms with Crippen LogP contribution < -0.4 is 11.5 Å². The molecule has 0 saturated carbocycles. The van der Waals surface area contributed by atoms with Crippen LogP contribution in [0.2, 0.25) is 0 Å². The molecule has 2 heteroatoms. The third-order valence-corrected chi connectivity index (χ3v) is 2.90. The quantitative estimate of drug-likeness (QED) is 0.618. The van der Waals surface area contributed by atoms with Crippen LogP contribution in [0.4, 0.5) is 0 Å². The second-order valence-electron chi connectivity index (χ2n) is 4.13. The van der Waals surface area contributed by atoms with Crippen molar-refractivity contribution in [3.05, 3.63) is 11.3 Å². The number of allylic oxidation sites excluding steroid dienone is 2. The highest BCUT2D eigenvalue weighted by Gasteiger charge is 2.06. The molecule has 0 aliphatic carbocycles. The van der Waals surface area contributed by atoms with Crippen LogP contribution in [-0.2, 0) is 0 Å². The van der Waals surface area contributed by atoms with E-state index in [1.165, 1.54) is 24.8 Å². The molecule has 0 aliphatic rings. The summed E-state index contributed by atoms with van der Waals surface area (Å²) in [4.78, 5) is 0. The molecule has 84 valence electrons. The SMILES string of the molecule is CC/C(C)=C(\N)C(C)CCCCCN. The number of rotatable bonds is 7. The Morgan fingerprint density at radius 3 is 2.36 bits per heavy atom. The van der Waals surface area contributed by atoms with Gasteiger partial charge in [-0.25, -0.2) is 0 Å². The topological polar surface area (TPSA) is 52.0 Å². The Morgan fingerprint density at radius 2 is 1.86 bits per heavy atom. The van der Waals surface area contributed by atoms with E-state index >= 15 is 0 Å². The second-order valence-corrected chi connectivity index (χ2v) is 4.13. The van der Waals surface area contributed by atoms with Gasteiger partial charge < -0.3 is 11.5 Å². The Labute approximate surface area is 88.7 Å². The first-order chi connectivity index (χ1) is 6.63. The zero-order valence-corrected chi connectivity index (χ0v) is 9.97. The predicted octanol–water partition coefficient (Wildman–Crippen LogP) is 2.78. The summed E-state index contributed by atoms with van der Waals surface area (Å²) in [6, 6.07) is 0. The average molecular weight is 198 g/mol. The fourth-order valence-electron chi connectivity index (χ4n) is 1.55. The maximum Gasteiger partial charge on any atom is 0.00981 e. The van der Waals surface area contributed by atoms with E-state index in [-0.39, 0.29) is 0 Å². The molecule has 0 saturated heterocycles. The van der Waals surface area contributed by atoms with Crippen molar-refractivity contribution in [2.75, 3.05) is 6.54 Å². The standard InChI is InChI=1S/C12H26N2/c1-4-10(2)12(14)11(3)8-6-5-7-9-13/h11H,4-9,13-14H2,1-3H3/b12-10-. The van der Waals surface area contributed by atoms with E-state index in [2.05, 4.69) is 20.8 Å². The van der Waals surface area contributed by atoms with Gasteiger partial charge in [-0.2, -0.15) is 0 Å². The van der Waals surface area contributed by atoms with E-state index in [0.29, 0.717) is 5.92 Å². The summed E-state index contributed by atoms with van der Waals surface area (Å²) in [5, 5.41) is 0. The Balaban J connectivity index is 3.78. The largest absolute Gasteiger partial charge is 0.402 e. The van der Waals surface area contributed by atoms with Crippen molar-refractivity contribution in [2.45, 2.75) is 52.9 Å². The Morgan fingerprint density at radius 1 is 1.21 bits per heavy atom. The zero-order valence-electron chi connectivity index (χ0n) is 9.97. The third-order valence-electron chi connectivity index (χ3n) is 2.90. The highest BCUT2D eigenvalue weighted by Crippen LogP contribution is 2.18. The maximum atomic E-state index is 6.04. The lowest BCUT2D eigenvalue weighted by atomic mass is 9.96. The lowest BCUT2D eigenvalue weighted by molar-refractivity contribution is 0.539. The molecule has 0 heterocycles. The summed E-state index contributed by atoms with van der Waals surface area (Å²) in [5.74, 6) is 0.535. The molecule has 0 aromatic rings. The van der Waals surface area contributed by atoms with Gasteiger partial charge in [0.05, 0.1) is 0 Å². The maximum absolute atomic E-state index is 6.04. The van der Waals surface area contributed by atoms with E-state index < -0.39 is 0 Å². The lowest BCUT2D eigenvalue weighted by Gasteiger charge is -2.14. The highest BCUT2D eigenvalue weighted by molar-refractivity contribution is 5.10. The fraction of sp³-hybridized carbons (Fsp3) is 0.833. The summed E-state index contributed by atoms with van der Waals surface area (Å²) in [5.41, 5.74) is 13.9. The van der Waals surface area contributed by atoms with Crippen LogP contribution in [-0.4, -0.2) is 6.54 Å². The van der Waals surface area contributed by atoms with E-state index in [1.54, 1.807) is 0 Å². The zero-order chi connectivity index (χ0) is 11.0. The van der Waals surface area contributed by atoms with Crippen molar-refractivity contribution in [3.63, 3.8) is 0 Å². The molecule has 4 N–H and O–H groups in total. The molecule has 14 heavy (non-hydrogen) atoms. The molecular formula is C12H26N2. The molecule has 0 spiro atoms. The molecule has 0 rings (SSSR count). The van der Waals surface area contributed by atoms with Crippen LogP contribution in [0.5, 0.6) is 0 Å². The van der Waals surface area contributed by atoms with Gasteiger partial charge in [0.1, 0.15) is 0 Å². The van der Waals surface area contributed by atoms with Gasteiger partial charge in [-0.05, 0) is 38.6 Å². The average Bonchev–Trinajstić information content (AvgIpc) is 2.21. The van der Waals surface area contributed by atoms with Crippen LogP contribution in [0.25, 0.3) is 0 Å². The van der Waals surface area contributed by atoms with Crippen LogP contribution in [0, 0.1) is 5.92 Å². The van der Waals surface area contributed by atoms with Crippen molar-refractivity contribution in [2.24, 2.45) is 17.4 Å². The molecule has 1 atom stereocenters. The summed E-state index contributed by atoms with van der Waals surface area (Å²) in [7, 11) is 0. The number of hydrogen-bond acceptors (Lipinski definition) is 2. The first-order valence-electron chi connectivity index (χ1n) is 5.78. The summed E-state index contributed by atoms with van der Waals surface area (Å²) in [6.07, 6.45) is 5.89. The van der Waals surface area contributed by atoms with Crippen molar-refractivity contribution >= 4 is 0 Å². The third kappa shape index (κ3) is 5.28. The molecule has 0 aromatic heterocycles. The Bertz CT molecular complexity index is 173. The highest BCUT2D eigenvalue weighted by atomic mass is 14.6. The molecule has 0 aliphatic heterocycles. The first-order valence-corrected chi connectivity index (χ1v) is 5.78. The van der Waals surface area contributed by atoms with Crippen molar-refractivity contribution < 1.29 is 0 Å². The molecule has 0 aromatic carbocycles. The van der Waals surface area contributed by atoms with Gasteiger partial charge in [0.25, 0.3) is 0 Å². The minimum Gasteiger partial charge on any atom is -0.402 e. The molecule has 0 amide bonds. The van der Waals surface area contributed by atoms with Crippen molar-refractivity contribution in [3.8, 4) is 0 Å². The van der Waals surface area contributed by atoms with Gasteiger partial charge in [0.15, 0.2) is 0 Å². The lowest BCUT2D eigenvalue weighted by Crippen LogP contribution is -2.11. The fourth-order valence-corrected chi connectivity index (χ4v) is 1.55. The molecule has 0 fully saturated rings. The number of unbranched alkanes of at least 4 members (excludes halogenated alkanes) is 2. The minimum atomic E-state index is 0.535. The van der Waals surface area contributed by atoms with Gasteiger partial charge >= 0.3 is 0 Å². The van der Waals surface area contributed by atoms with E-state index in [9.17, 15) is 0 Å². The molecule has 2 nitrogen and oxygen atoms in total. The van der Waals surface area contributed by atoms with Crippen molar-refractivity contribution in [1.82, 2.24) is 0 Å². The van der Waals surface area contributed by atoms with Crippen LogP contribution in [0.3, 0.4) is 0 Å². The Kier molecular flexibility index (Phi) is 7.58. The minimum absolute atomic E-state index is 0.535. The smallest absolute Gasteiger partial charge is 0.00981 e. The first kappa shape index (κ1) is 13.5. The molecule has 1 unspecified atom stereocenters. The molecular weight excluding hydrogens is 172 g/mol. The van der Waals surface area contributed by atoms with E-state index in [0.717, 1.165) is 25.1 Å².